The SMILES string of the molecule is Fc1ccc(C(F)(F)Oc2ccc(CBr)cc2)c(F)c1F. The summed E-state index contributed by atoms with van der Waals surface area (Å²) >= 11 is 3.19. The Morgan fingerprint density at radius 3 is 2.10 bits per heavy atom. The molecule has 0 unspecified atom stereocenters. The number of rotatable bonds is 4. The normalized spacial score (nSPS) is 11.5. The lowest BCUT2D eigenvalue weighted by atomic mass is 10.2. The van der Waals surface area contributed by atoms with Gasteiger partial charge in [0.2, 0.25) is 0 Å². The van der Waals surface area contributed by atoms with Gasteiger partial charge in [-0.3, -0.25) is 0 Å². The molecule has 0 saturated heterocycles. The minimum absolute atomic E-state index is 0.228. The van der Waals surface area contributed by atoms with E-state index in [1.54, 1.807) is 0 Å². The van der Waals surface area contributed by atoms with Crippen LogP contribution in [0.4, 0.5) is 22.0 Å². The first kappa shape index (κ1) is 15.8. The van der Waals surface area contributed by atoms with E-state index < -0.39 is 29.1 Å². The molecule has 0 spiro atoms. The van der Waals surface area contributed by atoms with E-state index in [9.17, 15) is 22.0 Å². The topological polar surface area (TPSA) is 9.23 Å². The van der Waals surface area contributed by atoms with Gasteiger partial charge in [-0.15, -0.1) is 0 Å². The largest absolute Gasteiger partial charge is 0.429 e. The Hall–Kier alpha value is -1.63. The van der Waals surface area contributed by atoms with E-state index in [2.05, 4.69) is 20.7 Å². The van der Waals surface area contributed by atoms with Crippen LogP contribution in [0.3, 0.4) is 0 Å². The van der Waals surface area contributed by atoms with Crippen molar-refractivity contribution >= 4 is 15.9 Å². The highest BCUT2D eigenvalue weighted by atomic mass is 79.9. The Morgan fingerprint density at radius 2 is 1.52 bits per heavy atom. The van der Waals surface area contributed by atoms with Crippen molar-refractivity contribution in [1.29, 1.82) is 0 Å². The molecule has 0 aliphatic carbocycles. The summed E-state index contributed by atoms with van der Waals surface area (Å²) in [5.74, 6) is -5.72. The standard InChI is InChI=1S/C14H8BrF5O/c15-7-8-1-3-9(4-2-8)21-14(19,20)10-5-6-11(16)13(18)12(10)17/h1-6H,7H2. The molecule has 2 rings (SSSR count). The van der Waals surface area contributed by atoms with Crippen molar-refractivity contribution in [2.24, 2.45) is 0 Å². The number of hydrogen-bond acceptors (Lipinski definition) is 1. The van der Waals surface area contributed by atoms with Gasteiger partial charge in [-0.1, -0.05) is 28.1 Å². The molecule has 21 heavy (non-hydrogen) atoms. The third-order valence-electron chi connectivity index (χ3n) is 2.67. The first-order valence-corrected chi connectivity index (χ1v) is 6.83. The summed E-state index contributed by atoms with van der Waals surface area (Å²) < 4.78 is 71.2. The third kappa shape index (κ3) is 3.34. The zero-order chi connectivity index (χ0) is 15.6. The molecule has 0 aliphatic rings. The zero-order valence-electron chi connectivity index (χ0n) is 10.3. The third-order valence-corrected chi connectivity index (χ3v) is 3.32. The van der Waals surface area contributed by atoms with Crippen molar-refractivity contribution in [2.75, 3.05) is 0 Å². The van der Waals surface area contributed by atoms with Gasteiger partial charge in [-0.05, 0) is 29.8 Å². The molecule has 0 radical (unpaired) electrons. The average molecular weight is 367 g/mol. The van der Waals surface area contributed by atoms with Gasteiger partial charge in [-0.25, -0.2) is 13.2 Å². The van der Waals surface area contributed by atoms with Crippen LogP contribution in [-0.2, 0) is 11.4 Å². The van der Waals surface area contributed by atoms with Crippen LogP contribution in [0, 0.1) is 17.5 Å². The quantitative estimate of drug-likeness (QED) is 0.414. The second-order valence-electron chi connectivity index (χ2n) is 4.12. The van der Waals surface area contributed by atoms with Gasteiger partial charge in [0, 0.05) is 5.33 Å². The fraction of sp³-hybridized carbons (Fsp3) is 0.143. The maximum atomic E-state index is 13.8. The summed E-state index contributed by atoms with van der Waals surface area (Å²) in [4.78, 5) is 0. The van der Waals surface area contributed by atoms with Crippen molar-refractivity contribution in [1.82, 2.24) is 0 Å². The molecule has 1 nitrogen and oxygen atoms in total. The molecule has 2 aromatic rings. The maximum Gasteiger partial charge on any atom is 0.429 e. The van der Waals surface area contributed by atoms with E-state index in [4.69, 9.17) is 0 Å². The minimum Gasteiger partial charge on any atom is -0.429 e. The van der Waals surface area contributed by atoms with E-state index in [0.29, 0.717) is 17.5 Å². The number of ether oxygens (including phenoxy) is 1. The Balaban J connectivity index is 2.31. The zero-order valence-corrected chi connectivity index (χ0v) is 11.9. The Bertz CT molecular complexity index is 643. The van der Waals surface area contributed by atoms with Crippen LogP contribution in [0.2, 0.25) is 0 Å². The predicted molar refractivity (Wildman–Crippen MR) is 69.9 cm³/mol. The molecule has 2 aromatic carbocycles. The van der Waals surface area contributed by atoms with Gasteiger partial charge in [0.25, 0.3) is 0 Å². The monoisotopic (exact) mass is 366 g/mol. The second-order valence-corrected chi connectivity index (χ2v) is 4.68. The molecule has 112 valence electrons. The molecule has 0 atom stereocenters. The van der Waals surface area contributed by atoms with Crippen molar-refractivity contribution in [3.8, 4) is 5.75 Å². The van der Waals surface area contributed by atoms with Crippen LogP contribution < -0.4 is 4.74 Å². The van der Waals surface area contributed by atoms with Crippen molar-refractivity contribution in [3.05, 3.63) is 65.0 Å². The lowest BCUT2D eigenvalue weighted by Gasteiger charge is -2.19. The number of alkyl halides is 3. The maximum absolute atomic E-state index is 13.8. The first-order chi connectivity index (χ1) is 9.85. The minimum atomic E-state index is -4.13. The Kier molecular flexibility index (Phi) is 4.51. The number of halogens is 6. The highest BCUT2D eigenvalue weighted by Crippen LogP contribution is 2.34. The molecular weight excluding hydrogens is 359 g/mol. The fourth-order valence-corrected chi connectivity index (χ4v) is 1.97. The van der Waals surface area contributed by atoms with Gasteiger partial charge in [0.15, 0.2) is 17.5 Å². The van der Waals surface area contributed by atoms with Crippen LogP contribution in [0.15, 0.2) is 36.4 Å². The lowest BCUT2D eigenvalue weighted by Crippen LogP contribution is -2.24. The Morgan fingerprint density at radius 1 is 0.905 bits per heavy atom. The summed E-state index contributed by atoms with van der Waals surface area (Å²) in [6.45, 7) is 0. The van der Waals surface area contributed by atoms with Crippen LogP contribution in [0.5, 0.6) is 5.75 Å². The van der Waals surface area contributed by atoms with Crippen molar-refractivity contribution in [3.63, 3.8) is 0 Å². The summed E-state index contributed by atoms with van der Waals surface area (Å²) in [6.07, 6.45) is -4.13. The molecule has 0 saturated carbocycles. The second kappa shape index (κ2) is 6.01. The molecule has 0 amide bonds. The molecule has 0 heterocycles. The van der Waals surface area contributed by atoms with E-state index >= 15 is 0 Å². The Labute approximate surface area is 125 Å². The van der Waals surface area contributed by atoms with Crippen LogP contribution in [0.25, 0.3) is 0 Å². The number of benzene rings is 2. The summed E-state index contributed by atoms with van der Waals surface area (Å²) in [6, 6.07) is 6.45. The van der Waals surface area contributed by atoms with Gasteiger partial charge < -0.3 is 4.74 Å². The molecule has 0 bridgehead atoms. The van der Waals surface area contributed by atoms with Gasteiger partial charge in [0.1, 0.15) is 11.3 Å². The highest BCUT2D eigenvalue weighted by Gasteiger charge is 2.39. The van der Waals surface area contributed by atoms with E-state index in [0.717, 1.165) is 5.56 Å². The van der Waals surface area contributed by atoms with E-state index in [1.807, 2.05) is 0 Å². The van der Waals surface area contributed by atoms with Crippen LogP contribution in [0.1, 0.15) is 11.1 Å². The lowest BCUT2D eigenvalue weighted by molar-refractivity contribution is -0.187. The summed E-state index contributed by atoms with van der Waals surface area (Å²) in [7, 11) is 0. The molecule has 0 N–H and O–H groups in total. The van der Waals surface area contributed by atoms with Crippen LogP contribution in [-0.4, -0.2) is 0 Å². The van der Waals surface area contributed by atoms with E-state index in [1.165, 1.54) is 24.3 Å². The summed E-state index contributed by atoms with van der Waals surface area (Å²) in [5.41, 5.74) is -0.546. The molecule has 0 fully saturated rings. The van der Waals surface area contributed by atoms with Crippen molar-refractivity contribution in [2.45, 2.75) is 11.4 Å². The van der Waals surface area contributed by atoms with Crippen molar-refractivity contribution < 1.29 is 26.7 Å². The molecule has 0 aliphatic heterocycles. The van der Waals surface area contributed by atoms with Gasteiger partial charge in [-0.2, -0.15) is 8.78 Å². The highest BCUT2D eigenvalue weighted by molar-refractivity contribution is 9.08. The van der Waals surface area contributed by atoms with Crippen LogP contribution >= 0.6 is 15.9 Å². The predicted octanol–water partition coefficient (Wildman–Crippen LogP) is 5.13. The smallest absolute Gasteiger partial charge is 0.429 e. The summed E-state index contributed by atoms with van der Waals surface area (Å²) in [5, 5.41) is 0.529. The fourth-order valence-electron chi connectivity index (χ4n) is 1.60. The van der Waals surface area contributed by atoms with Gasteiger partial charge >= 0.3 is 6.11 Å². The molecule has 7 heteroatoms. The van der Waals surface area contributed by atoms with Gasteiger partial charge in [0.05, 0.1) is 0 Å². The average Bonchev–Trinajstić information content (AvgIpc) is 2.45. The first-order valence-electron chi connectivity index (χ1n) is 5.71. The molecule has 0 aromatic heterocycles. The van der Waals surface area contributed by atoms with E-state index in [-0.39, 0.29) is 5.75 Å². The number of hydrogen-bond donors (Lipinski definition) is 0. The molecular formula is C14H8BrF5O.